The predicted molar refractivity (Wildman–Crippen MR) is 96.4 cm³/mol. The van der Waals surface area contributed by atoms with Crippen LogP contribution < -0.4 is 15.4 Å². The highest BCUT2D eigenvalue weighted by atomic mass is 16.5. The molecule has 1 aromatic rings. The summed E-state index contributed by atoms with van der Waals surface area (Å²) in [5.41, 5.74) is 0.616. The molecule has 0 aliphatic heterocycles. The molecule has 0 radical (unpaired) electrons. The van der Waals surface area contributed by atoms with Gasteiger partial charge in [-0.3, -0.25) is 14.4 Å². The number of unbranched alkanes of at least 4 members (excludes halogenated alkanes) is 1. The van der Waals surface area contributed by atoms with Gasteiger partial charge in [0.25, 0.3) is 0 Å². The van der Waals surface area contributed by atoms with Crippen LogP contribution in [-0.2, 0) is 14.4 Å². The number of nitrogens with one attached hydrogen (secondary N) is 2. The van der Waals surface area contributed by atoms with Gasteiger partial charge in [0.2, 0.25) is 17.7 Å². The van der Waals surface area contributed by atoms with Crippen molar-refractivity contribution in [3.8, 4) is 5.75 Å². The van der Waals surface area contributed by atoms with Gasteiger partial charge in [0.15, 0.2) is 0 Å². The number of ether oxygens (including phenoxy) is 1. The van der Waals surface area contributed by atoms with Gasteiger partial charge in [-0.05, 0) is 30.7 Å². The molecular weight excluding hydrogens is 322 g/mol. The molecule has 0 aromatic heterocycles. The Morgan fingerprint density at radius 1 is 1.08 bits per heavy atom. The first-order chi connectivity index (χ1) is 12.0. The largest absolute Gasteiger partial charge is 0.497 e. The summed E-state index contributed by atoms with van der Waals surface area (Å²) in [4.78, 5) is 37.2. The van der Waals surface area contributed by atoms with E-state index in [4.69, 9.17) is 4.74 Å². The van der Waals surface area contributed by atoms with Crippen molar-refractivity contribution < 1.29 is 19.1 Å². The normalized spacial score (nSPS) is 10.0. The van der Waals surface area contributed by atoms with E-state index in [0.29, 0.717) is 24.4 Å². The number of anilines is 1. The molecule has 1 aromatic carbocycles. The maximum Gasteiger partial charge on any atom is 0.243 e. The number of amides is 3. The van der Waals surface area contributed by atoms with Crippen LogP contribution in [0.2, 0.25) is 0 Å². The van der Waals surface area contributed by atoms with E-state index < -0.39 is 0 Å². The first-order valence-corrected chi connectivity index (χ1v) is 8.48. The molecular formula is C18H27N3O4. The van der Waals surface area contributed by atoms with Crippen LogP contribution in [-0.4, -0.2) is 49.4 Å². The SMILES string of the molecule is CCCCN(CC(=O)NCC(=O)Nc1ccc(OC)cc1)C(=O)CC. The zero-order valence-electron chi connectivity index (χ0n) is 15.1. The molecule has 0 aliphatic carbocycles. The first kappa shape index (κ1) is 20.5. The van der Waals surface area contributed by atoms with Crippen molar-refractivity contribution in [3.05, 3.63) is 24.3 Å². The van der Waals surface area contributed by atoms with E-state index in [-0.39, 0.29) is 30.8 Å². The molecule has 0 heterocycles. The maximum atomic E-state index is 12.0. The van der Waals surface area contributed by atoms with Crippen molar-refractivity contribution in [3.63, 3.8) is 0 Å². The highest BCUT2D eigenvalue weighted by Crippen LogP contribution is 2.14. The third kappa shape index (κ3) is 7.69. The predicted octanol–water partition coefficient (Wildman–Crippen LogP) is 1.79. The van der Waals surface area contributed by atoms with E-state index in [9.17, 15) is 14.4 Å². The summed E-state index contributed by atoms with van der Waals surface area (Å²) in [6.45, 7) is 4.17. The van der Waals surface area contributed by atoms with Gasteiger partial charge >= 0.3 is 0 Å². The van der Waals surface area contributed by atoms with Gasteiger partial charge in [0, 0.05) is 18.7 Å². The van der Waals surface area contributed by atoms with Crippen LogP contribution in [0.3, 0.4) is 0 Å². The Morgan fingerprint density at radius 3 is 2.32 bits per heavy atom. The van der Waals surface area contributed by atoms with Gasteiger partial charge in [-0.25, -0.2) is 0 Å². The molecule has 0 saturated heterocycles. The smallest absolute Gasteiger partial charge is 0.243 e. The lowest BCUT2D eigenvalue weighted by Gasteiger charge is -2.21. The standard InChI is InChI=1S/C18H27N3O4/c1-4-6-11-21(18(24)5-2)13-17(23)19-12-16(22)20-14-7-9-15(25-3)10-8-14/h7-10H,4-6,11-13H2,1-3H3,(H,19,23)(H,20,22). The van der Waals surface area contributed by atoms with Crippen LogP contribution in [0.5, 0.6) is 5.75 Å². The number of benzene rings is 1. The van der Waals surface area contributed by atoms with E-state index >= 15 is 0 Å². The van der Waals surface area contributed by atoms with Crippen molar-refractivity contribution >= 4 is 23.4 Å². The van der Waals surface area contributed by atoms with E-state index in [0.717, 1.165) is 12.8 Å². The van der Waals surface area contributed by atoms with Crippen LogP contribution >= 0.6 is 0 Å². The number of carbonyl (C=O) groups is 3. The summed E-state index contributed by atoms with van der Waals surface area (Å²) in [5, 5.41) is 5.22. The Kier molecular flexibility index (Phi) is 9.06. The van der Waals surface area contributed by atoms with Crippen molar-refractivity contribution in [2.75, 3.05) is 32.1 Å². The highest BCUT2D eigenvalue weighted by Gasteiger charge is 2.15. The molecule has 0 fully saturated rings. The third-order valence-corrected chi connectivity index (χ3v) is 3.59. The molecule has 1 rings (SSSR count). The van der Waals surface area contributed by atoms with E-state index in [1.807, 2.05) is 6.92 Å². The summed E-state index contributed by atoms with van der Waals surface area (Å²) in [6.07, 6.45) is 2.14. The molecule has 0 atom stereocenters. The van der Waals surface area contributed by atoms with Crippen LogP contribution in [0.25, 0.3) is 0 Å². The molecule has 0 bridgehead atoms. The summed E-state index contributed by atoms with van der Waals surface area (Å²) < 4.78 is 5.04. The fourth-order valence-corrected chi connectivity index (χ4v) is 2.15. The average molecular weight is 349 g/mol. The Morgan fingerprint density at radius 2 is 1.76 bits per heavy atom. The number of methoxy groups -OCH3 is 1. The fraction of sp³-hybridized carbons (Fsp3) is 0.500. The summed E-state index contributed by atoms with van der Waals surface area (Å²) >= 11 is 0. The minimum atomic E-state index is -0.345. The minimum absolute atomic E-state index is 0.0253. The number of hydrogen-bond donors (Lipinski definition) is 2. The van der Waals surface area contributed by atoms with Gasteiger partial charge in [-0.1, -0.05) is 20.3 Å². The van der Waals surface area contributed by atoms with Crippen molar-refractivity contribution in [1.29, 1.82) is 0 Å². The van der Waals surface area contributed by atoms with E-state index in [2.05, 4.69) is 10.6 Å². The third-order valence-electron chi connectivity index (χ3n) is 3.59. The van der Waals surface area contributed by atoms with Crippen LogP contribution in [0, 0.1) is 0 Å². The van der Waals surface area contributed by atoms with Crippen LogP contribution in [0.4, 0.5) is 5.69 Å². The number of carbonyl (C=O) groups excluding carboxylic acids is 3. The Labute approximate surface area is 148 Å². The highest BCUT2D eigenvalue weighted by molar-refractivity contribution is 5.95. The number of hydrogen-bond acceptors (Lipinski definition) is 4. The molecule has 0 unspecified atom stereocenters. The Hall–Kier alpha value is -2.57. The lowest BCUT2D eigenvalue weighted by Crippen LogP contribution is -2.43. The van der Waals surface area contributed by atoms with Gasteiger partial charge in [0.1, 0.15) is 5.75 Å². The van der Waals surface area contributed by atoms with Gasteiger partial charge in [-0.2, -0.15) is 0 Å². The second-order valence-corrected chi connectivity index (χ2v) is 5.58. The molecule has 0 spiro atoms. The second-order valence-electron chi connectivity index (χ2n) is 5.58. The molecule has 3 amide bonds. The molecule has 0 saturated carbocycles. The number of rotatable bonds is 10. The molecule has 7 nitrogen and oxygen atoms in total. The van der Waals surface area contributed by atoms with Crippen molar-refractivity contribution in [2.24, 2.45) is 0 Å². The topological polar surface area (TPSA) is 87.7 Å². The van der Waals surface area contributed by atoms with Crippen molar-refractivity contribution in [1.82, 2.24) is 10.2 Å². The van der Waals surface area contributed by atoms with Crippen LogP contribution in [0.1, 0.15) is 33.1 Å². The molecule has 25 heavy (non-hydrogen) atoms. The van der Waals surface area contributed by atoms with Gasteiger partial charge < -0.3 is 20.3 Å². The Bertz CT molecular complexity index is 572. The zero-order valence-corrected chi connectivity index (χ0v) is 15.1. The van der Waals surface area contributed by atoms with E-state index in [1.165, 1.54) is 4.90 Å². The Balaban J connectivity index is 2.42. The maximum absolute atomic E-state index is 12.0. The molecule has 138 valence electrons. The lowest BCUT2D eigenvalue weighted by atomic mass is 10.3. The minimum Gasteiger partial charge on any atom is -0.497 e. The fourth-order valence-electron chi connectivity index (χ4n) is 2.15. The van der Waals surface area contributed by atoms with E-state index in [1.54, 1.807) is 38.3 Å². The van der Waals surface area contributed by atoms with Crippen LogP contribution in [0.15, 0.2) is 24.3 Å². The monoisotopic (exact) mass is 349 g/mol. The molecule has 2 N–H and O–H groups in total. The van der Waals surface area contributed by atoms with Gasteiger partial charge in [-0.15, -0.1) is 0 Å². The summed E-state index contributed by atoms with van der Waals surface area (Å²) in [7, 11) is 1.57. The van der Waals surface area contributed by atoms with Crippen molar-refractivity contribution in [2.45, 2.75) is 33.1 Å². The average Bonchev–Trinajstić information content (AvgIpc) is 2.63. The summed E-state index contributed by atoms with van der Waals surface area (Å²) in [6, 6.07) is 6.89. The zero-order chi connectivity index (χ0) is 18.7. The summed E-state index contributed by atoms with van der Waals surface area (Å²) in [5.74, 6) is -0.0476. The van der Waals surface area contributed by atoms with Gasteiger partial charge in [0.05, 0.1) is 20.2 Å². The lowest BCUT2D eigenvalue weighted by molar-refractivity contribution is -0.136. The second kappa shape index (κ2) is 11.1. The first-order valence-electron chi connectivity index (χ1n) is 8.48. The molecule has 7 heteroatoms. The molecule has 0 aliphatic rings. The number of nitrogens with zero attached hydrogens (tertiary/aromatic N) is 1. The quantitative estimate of drug-likeness (QED) is 0.674.